The minimum absolute atomic E-state index is 0.133. The second-order valence-corrected chi connectivity index (χ2v) is 6.40. The van der Waals surface area contributed by atoms with Crippen molar-refractivity contribution in [3.05, 3.63) is 48.3 Å². The molecule has 0 atom stereocenters. The highest BCUT2D eigenvalue weighted by atomic mass is 16.2. The Hall–Kier alpha value is -2.93. The number of pyridine rings is 1. The summed E-state index contributed by atoms with van der Waals surface area (Å²) in [6, 6.07) is 10.6. The van der Waals surface area contributed by atoms with Crippen molar-refractivity contribution in [2.45, 2.75) is 6.92 Å². The first-order chi connectivity index (χ1) is 12.5. The van der Waals surface area contributed by atoms with Crippen LogP contribution in [0.25, 0.3) is 0 Å². The molecule has 1 aromatic carbocycles. The van der Waals surface area contributed by atoms with E-state index in [0.29, 0.717) is 17.1 Å². The maximum absolute atomic E-state index is 12.3. The molecule has 0 unspecified atom stereocenters. The van der Waals surface area contributed by atoms with Crippen LogP contribution in [0.3, 0.4) is 0 Å². The summed E-state index contributed by atoms with van der Waals surface area (Å²) < 4.78 is 0. The molecular weight excluding hydrogens is 330 g/mol. The van der Waals surface area contributed by atoms with Crippen molar-refractivity contribution in [3.63, 3.8) is 0 Å². The normalized spacial score (nSPS) is 14.8. The van der Waals surface area contributed by atoms with Crippen LogP contribution in [0.2, 0.25) is 0 Å². The van der Waals surface area contributed by atoms with Gasteiger partial charge in [-0.1, -0.05) is 0 Å². The molecule has 1 aliphatic heterocycles. The summed E-state index contributed by atoms with van der Waals surface area (Å²) in [5.74, 6) is -0.395. The van der Waals surface area contributed by atoms with Crippen molar-refractivity contribution in [1.82, 2.24) is 9.88 Å². The first kappa shape index (κ1) is 17.9. The van der Waals surface area contributed by atoms with Gasteiger partial charge in [0.1, 0.15) is 5.69 Å². The summed E-state index contributed by atoms with van der Waals surface area (Å²) in [5.41, 5.74) is 2.74. The number of nitrogens with zero attached hydrogens (tertiary/aromatic N) is 3. The first-order valence-electron chi connectivity index (χ1n) is 8.60. The zero-order chi connectivity index (χ0) is 18.5. The summed E-state index contributed by atoms with van der Waals surface area (Å²) >= 11 is 0. The number of amides is 2. The second-order valence-electron chi connectivity index (χ2n) is 6.40. The van der Waals surface area contributed by atoms with Crippen LogP contribution < -0.4 is 15.5 Å². The van der Waals surface area contributed by atoms with Gasteiger partial charge in [-0.3, -0.25) is 9.59 Å². The van der Waals surface area contributed by atoms with Crippen molar-refractivity contribution >= 4 is 28.9 Å². The average Bonchev–Trinajstić information content (AvgIpc) is 2.64. The molecule has 0 saturated carbocycles. The Morgan fingerprint density at radius 3 is 2.08 bits per heavy atom. The summed E-state index contributed by atoms with van der Waals surface area (Å²) in [6.45, 7) is 5.43. The Morgan fingerprint density at radius 2 is 1.54 bits per heavy atom. The molecule has 2 amide bonds. The van der Waals surface area contributed by atoms with Crippen LogP contribution in [-0.2, 0) is 4.79 Å². The number of hydrogen-bond donors (Lipinski definition) is 2. The first-order valence-corrected chi connectivity index (χ1v) is 8.60. The van der Waals surface area contributed by atoms with Crippen LogP contribution in [-0.4, -0.2) is 54.9 Å². The van der Waals surface area contributed by atoms with Crippen LogP contribution in [0.4, 0.5) is 17.1 Å². The molecule has 1 aliphatic rings. The van der Waals surface area contributed by atoms with E-state index >= 15 is 0 Å². The number of anilines is 3. The van der Waals surface area contributed by atoms with E-state index < -0.39 is 0 Å². The third-order valence-corrected chi connectivity index (χ3v) is 4.31. The Kier molecular flexibility index (Phi) is 5.48. The molecule has 0 spiro atoms. The SMILES string of the molecule is CC(=O)Nc1ccc(NC(=O)c2ccc(N3CCN(C)CC3)cn2)cc1. The van der Waals surface area contributed by atoms with Crippen LogP contribution in [0.15, 0.2) is 42.6 Å². The zero-order valence-corrected chi connectivity index (χ0v) is 15.0. The molecule has 2 heterocycles. The zero-order valence-electron chi connectivity index (χ0n) is 15.0. The lowest BCUT2D eigenvalue weighted by atomic mass is 10.2. The van der Waals surface area contributed by atoms with Gasteiger partial charge in [0.25, 0.3) is 5.91 Å². The topological polar surface area (TPSA) is 77.6 Å². The maximum atomic E-state index is 12.3. The summed E-state index contributed by atoms with van der Waals surface area (Å²) in [6.07, 6.45) is 1.75. The molecule has 0 bridgehead atoms. The fourth-order valence-electron chi connectivity index (χ4n) is 2.81. The second kappa shape index (κ2) is 7.97. The molecule has 2 N–H and O–H groups in total. The van der Waals surface area contributed by atoms with Crippen molar-refractivity contribution in [1.29, 1.82) is 0 Å². The Balaban J connectivity index is 1.60. The number of rotatable bonds is 4. The number of piperazine rings is 1. The largest absolute Gasteiger partial charge is 0.368 e. The van der Waals surface area contributed by atoms with Gasteiger partial charge in [-0.05, 0) is 43.4 Å². The number of hydrogen-bond acceptors (Lipinski definition) is 5. The van der Waals surface area contributed by atoms with Gasteiger partial charge in [0, 0.05) is 44.5 Å². The molecule has 1 aromatic heterocycles. The van der Waals surface area contributed by atoms with Gasteiger partial charge in [0.05, 0.1) is 11.9 Å². The van der Waals surface area contributed by atoms with Gasteiger partial charge in [-0.25, -0.2) is 4.98 Å². The molecule has 0 radical (unpaired) electrons. The molecular formula is C19H23N5O2. The van der Waals surface area contributed by atoms with Crippen molar-refractivity contribution < 1.29 is 9.59 Å². The van der Waals surface area contributed by atoms with Crippen molar-refractivity contribution in [2.24, 2.45) is 0 Å². The number of aromatic nitrogens is 1. The number of carbonyl (C=O) groups is 2. The molecule has 3 rings (SSSR count). The van der Waals surface area contributed by atoms with Gasteiger partial charge in [0.2, 0.25) is 5.91 Å². The lowest BCUT2D eigenvalue weighted by molar-refractivity contribution is -0.114. The number of benzene rings is 1. The predicted octanol–water partition coefficient (Wildman–Crippen LogP) is 2.04. The van der Waals surface area contributed by atoms with E-state index in [1.807, 2.05) is 6.07 Å². The molecule has 136 valence electrons. The monoisotopic (exact) mass is 353 g/mol. The van der Waals surface area contributed by atoms with E-state index in [9.17, 15) is 9.59 Å². The maximum Gasteiger partial charge on any atom is 0.274 e. The highest BCUT2D eigenvalue weighted by molar-refractivity contribution is 6.03. The molecule has 1 fully saturated rings. The van der Waals surface area contributed by atoms with Crippen molar-refractivity contribution in [3.8, 4) is 0 Å². The summed E-state index contributed by atoms with van der Waals surface area (Å²) in [7, 11) is 2.12. The Labute approximate surface area is 153 Å². The van der Waals surface area contributed by atoms with Crippen LogP contribution in [0, 0.1) is 0 Å². The third kappa shape index (κ3) is 4.58. The van der Waals surface area contributed by atoms with Gasteiger partial charge in [0.15, 0.2) is 0 Å². The van der Waals surface area contributed by atoms with E-state index in [2.05, 4.69) is 32.5 Å². The fourth-order valence-corrected chi connectivity index (χ4v) is 2.81. The number of nitrogens with one attached hydrogen (secondary N) is 2. The van der Waals surface area contributed by atoms with Gasteiger partial charge >= 0.3 is 0 Å². The standard InChI is InChI=1S/C19H23N5O2/c1-14(25)21-15-3-5-16(6-4-15)22-19(26)18-8-7-17(13-20-18)24-11-9-23(2)10-12-24/h3-8,13H,9-12H2,1-2H3,(H,21,25)(H,22,26). The molecule has 0 aliphatic carbocycles. The quantitative estimate of drug-likeness (QED) is 0.880. The van der Waals surface area contributed by atoms with E-state index in [1.165, 1.54) is 6.92 Å². The van der Waals surface area contributed by atoms with E-state index in [1.54, 1.807) is 36.5 Å². The summed E-state index contributed by atoms with van der Waals surface area (Å²) in [4.78, 5) is 32.2. The van der Waals surface area contributed by atoms with Crippen LogP contribution >= 0.6 is 0 Å². The number of likely N-dealkylation sites (N-methyl/N-ethyl adjacent to an activating group) is 1. The van der Waals surface area contributed by atoms with Crippen molar-refractivity contribution in [2.75, 3.05) is 48.8 Å². The van der Waals surface area contributed by atoms with Gasteiger partial charge in [-0.2, -0.15) is 0 Å². The van der Waals surface area contributed by atoms with Crippen LogP contribution in [0.1, 0.15) is 17.4 Å². The Bertz CT molecular complexity index is 766. The molecule has 26 heavy (non-hydrogen) atoms. The molecule has 7 nitrogen and oxygen atoms in total. The summed E-state index contributed by atoms with van der Waals surface area (Å²) in [5, 5.41) is 5.49. The number of carbonyl (C=O) groups excluding carboxylic acids is 2. The minimum Gasteiger partial charge on any atom is -0.368 e. The van der Waals surface area contributed by atoms with E-state index in [4.69, 9.17) is 0 Å². The molecule has 1 saturated heterocycles. The highest BCUT2D eigenvalue weighted by Crippen LogP contribution is 2.17. The fraction of sp³-hybridized carbons (Fsp3) is 0.316. The van der Waals surface area contributed by atoms with E-state index in [0.717, 1.165) is 31.9 Å². The molecule has 2 aromatic rings. The van der Waals surface area contributed by atoms with Gasteiger partial charge < -0.3 is 20.4 Å². The lowest BCUT2D eigenvalue weighted by Gasteiger charge is -2.33. The molecule has 7 heteroatoms. The Morgan fingerprint density at radius 1 is 0.923 bits per heavy atom. The smallest absolute Gasteiger partial charge is 0.274 e. The average molecular weight is 353 g/mol. The highest BCUT2D eigenvalue weighted by Gasteiger charge is 2.15. The van der Waals surface area contributed by atoms with E-state index in [-0.39, 0.29) is 11.8 Å². The minimum atomic E-state index is -0.262. The van der Waals surface area contributed by atoms with Gasteiger partial charge in [-0.15, -0.1) is 0 Å². The lowest BCUT2D eigenvalue weighted by Crippen LogP contribution is -2.44. The third-order valence-electron chi connectivity index (χ3n) is 4.31. The predicted molar refractivity (Wildman–Crippen MR) is 103 cm³/mol. The van der Waals surface area contributed by atoms with Crippen LogP contribution in [0.5, 0.6) is 0 Å².